The highest BCUT2D eigenvalue weighted by atomic mass is 19.1. The molecule has 3 nitrogen and oxygen atoms in total. The molecule has 0 saturated carbocycles. The van der Waals surface area contributed by atoms with Gasteiger partial charge in [0.2, 0.25) is 0 Å². The zero-order valence-electron chi connectivity index (χ0n) is 12.3. The van der Waals surface area contributed by atoms with Crippen LogP contribution in [-0.4, -0.2) is 25.8 Å². The van der Waals surface area contributed by atoms with E-state index in [2.05, 4.69) is 0 Å². The molecule has 2 rings (SSSR count). The van der Waals surface area contributed by atoms with Crippen molar-refractivity contribution in [1.82, 2.24) is 0 Å². The van der Waals surface area contributed by atoms with Crippen LogP contribution in [0.15, 0.2) is 48.5 Å². The number of halogens is 1. The molecule has 2 aromatic carbocycles. The first-order valence-electron chi connectivity index (χ1n) is 6.89. The van der Waals surface area contributed by atoms with E-state index in [0.717, 1.165) is 11.4 Å². The second-order valence-electron chi connectivity index (χ2n) is 4.95. The fourth-order valence-corrected chi connectivity index (χ4v) is 2.18. The smallest absolute Gasteiger partial charge is 0.128 e. The van der Waals surface area contributed by atoms with E-state index in [-0.39, 0.29) is 5.82 Å². The first kappa shape index (κ1) is 15.3. The van der Waals surface area contributed by atoms with Gasteiger partial charge >= 0.3 is 0 Å². The van der Waals surface area contributed by atoms with Crippen molar-refractivity contribution in [1.29, 1.82) is 0 Å². The van der Waals surface area contributed by atoms with E-state index in [1.54, 1.807) is 25.3 Å². The predicted molar refractivity (Wildman–Crippen MR) is 82.2 cm³/mol. The zero-order chi connectivity index (χ0) is 15.2. The third kappa shape index (κ3) is 3.95. The summed E-state index contributed by atoms with van der Waals surface area (Å²) in [6.07, 6.45) is -0.337. The van der Waals surface area contributed by atoms with Crippen molar-refractivity contribution in [2.75, 3.05) is 25.6 Å². The monoisotopic (exact) mass is 289 g/mol. The summed E-state index contributed by atoms with van der Waals surface area (Å²) in [5.74, 6) is 0.440. The third-order valence-corrected chi connectivity index (χ3v) is 3.52. The van der Waals surface area contributed by atoms with Crippen LogP contribution >= 0.6 is 0 Å². The van der Waals surface area contributed by atoms with Crippen LogP contribution in [0.1, 0.15) is 18.1 Å². The Balaban J connectivity index is 1.94. The minimum absolute atomic E-state index is 0.348. The molecule has 2 aromatic rings. The predicted octanol–water partition coefficient (Wildman–Crippen LogP) is 3.39. The Labute approximate surface area is 124 Å². The van der Waals surface area contributed by atoms with Crippen LogP contribution < -0.4 is 9.64 Å². The van der Waals surface area contributed by atoms with Gasteiger partial charge in [0.15, 0.2) is 0 Å². The van der Waals surface area contributed by atoms with Gasteiger partial charge in [-0.25, -0.2) is 4.39 Å². The number of aliphatic hydroxyl groups excluding tert-OH is 1. The SMILES string of the molecule is COc1ccc(N(C)CCC(O)c2ccccc2F)cc1. The van der Waals surface area contributed by atoms with E-state index in [4.69, 9.17) is 4.74 Å². The van der Waals surface area contributed by atoms with Crippen LogP contribution in [0.3, 0.4) is 0 Å². The molecule has 4 heteroatoms. The van der Waals surface area contributed by atoms with Crippen LogP contribution in [-0.2, 0) is 0 Å². The molecule has 0 fully saturated rings. The fourth-order valence-electron chi connectivity index (χ4n) is 2.18. The third-order valence-electron chi connectivity index (χ3n) is 3.52. The van der Waals surface area contributed by atoms with Crippen LogP contribution in [0.25, 0.3) is 0 Å². The van der Waals surface area contributed by atoms with Gasteiger partial charge in [-0.1, -0.05) is 18.2 Å². The molecule has 0 saturated heterocycles. The summed E-state index contributed by atoms with van der Waals surface area (Å²) in [6.45, 7) is 0.627. The maximum Gasteiger partial charge on any atom is 0.128 e. The first-order chi connectivity index (χ1) is 10.1. The molecule has 1 unspecified atom stereocenters. The van der Waals surface area contributed by atoms with Crippen molar-refractivity contribution in [2.24, 2.45) is 0 Å². The van der Waals surface area contributed by atoms with E-state index in [9.17, 15) is 9.50 Å². The number of hydrogen-bond donors (Lipinski definition) is 1. The minimum Gasteiger partial charge on any atom is -0.497 e. The first-order valence-corrected chi connectivity index (χ1v) is 6.89. The molecular weight excluding hydrogens is 269 g/mol. The molecule has 0 aromatic heterocycles. The van der Waals surface area contributed by atoms with Crippen molar-refractivity contribution in [2.45, 2.75) is 12.5 Å². The molecule has 21 heavy (non-hydrogen) atoms. The van der Waals surface area contributed by atoms with Gasteiger partial charge in [0.05, 0.1) is 13.2 Å². The van der Waals surface area contributed by atoms with Gasteiger partial charge in [0.1, 0.15) is 11.6 Å². The summed E-state index contributed by atoms with van der Waals surface area (Å²) in [5, 5.41) is 10.1. The summed E-state index contributed by atoms with van der Waals surface area (Å²) < 4.78 is 18.7. The van der Waals surface area contributed by atoms with E-state index in [1.165, 1.54) is 6.07 Å². The Morgan fingerprint density at radius 1 is 1.14 bits per heavy atom. The van der Waals surface area contributed by atoms with Crippen LogP contribution in [0.2, 0.25) is 0 Å². The number of anilines is 1. The maximum absolute atomic E-state index is 13.6. The number of aliphatic hydroxyl groups is 1. The molecule has 0 bridgehead atoms. The van der Waals surface area contributed by atoms with E-state index < -0.39 is 6.10 Å². The topological polar surface area (TPSA) is 32.7 Å². The standard InChI is InChI=1S/C17H20FNO2/c1-19(13-7-9-14(21-2)10-8-13)12-11-17(20)15-5-3-4-6-16(15)18/h3-10,17,20H,11-12H2,1-2H3. The molecule has 0 aliphatic heterocycles. The van der Waals surface area contributed by atoms with Gasteiger partial charge in [0.25, 0.3) is 0 Å². The van der Waals surface area contributed by atoms with Gasteiger partial charge in [-0.2, -0.15) is 0 Å². The summed E-state index contributed by atoms with van der Waals surface area (Å²) in [7, 11) is 3.57. The summed E-state index contributed by atoms with van der Waals surface area (Å²) >= 11 is 0. The van der Waals surface area contributed by atoms with Crippen molar-refractivity contribution in [3.63, 3.8) is 0 Å². The number of nitrogens with zero attached hydrogens (tertiary/aromatic N) is 1. The summed E-state index contributed by atoms with van der Waals surface area (Å²) in [4.78, 5) is 2.02. The van der Waals surface area contributed by atoms with Crippen molar-refractivity contribution >= 4 is 5.69 Å². The number of ether oxygens (including phenoxy) is 1. The van der Waals surface area contributed by atoms with Gasteiger partial charge in [-0.3, -0.25) is 0 Å². The molecule has 0 aliphatic carbocycles. The van der Waals surface area contributed by atoms with Gasteiger partial charge < -0.3 is 14.7 Å². The average molecular weight is 289 g/mol. The van der Waals surface area contributed by atoms with Gasteiger partial charge in [-0.15, -0.1) is 0 Å². The van der Waals surface area contributed by atoms with Crippen molar-refractivity contribution in [3.8, 4) is 5.75 Å². The lowest BCUT2D eigenvalue weighted by Gasteiger charge is -2.21. The Kier molecular flexibility index (Phi) is 5.17. The molecule has 0 amide bonds. The van der Waals surface area contributed by atoms with Crippen LogP contribution in [0.5, 0.6) is 5.75 Å². The second-order valence-corrected chi connectivity index (χ2v) is 4.95. The number of benzene rings is 2. The van der Waals surface area contributed by atoms with E-state index in [1.807, 2.05) is 36.2 Å². The van der Waals surface area contributed by atoms with E-state index in [0.29, 0.717) is 18.5 Å². The molecule has 1 atom stereocenters. The van der Waals surface area contributed by atoms with Crippen LogP contribution in [0.4, 0.5) is 10.1 Å². The Morgan fingerprint density at radius 2 is 1.81 bits per heavy atom. The normalized spacial score (nSPS) is 12.0. The lowest BCUT2D eigenvalue weighted by Crippen LogP contribution is -2.20. The lowest BCUT2D eigenvalue weighted by atomic mass is 10.1. The fraction of sp³-hybridized carbons (Fsp3) is 0.294. The van der Waals surface area contributed by atoms with Crippen molar-refractivity contribution in [3.05, 3.63) is 59.9 Å². The molecule has 0 spiro atoms. The highest BCUT2D eigenvalue weighted by Crippen LogP contribution is 2.22. The second kappa shape index (κ2) is 7.09. The molecular formula is C17H20FNO2. The molecule has 0 heterocycles. The molecule has 0 radical (unpaired) electrons. The largest absolute Gasteiger partial charge is 0.497 e. The lowest BCUT2D eigenvalue weighted by molar-refractivity contribution is 0.165. The molecule has 0 aliphatic rings. The summed E-state index contributed by atoms with van der Waals surface area (Å²) in [6, 6.07) is 14.0. The maximum atomic E-state index is 13.6. The number of rotatable bonds is 6. The minimum atomic E-state index is -0.799. The molecule has 112 valence electrons. The molecule has 1 N–H and O–H groups in total. The highest BCUT2D eigenvalue weighted by Gasteiger charge is 2.13. The Morgan fingerprint density at radius 3 is 2.43 bits per heavy atom. The Bertz CT molecular complexity index is 571. The Hall–Kier alpha value is -2.07. The average Bonchev–Trinajstić information content (AvgIpc) is 2.52. The summed E-state index contributed by atoms with van der Waals surface area (Å²) in [5.41, 5.74) is 1.37. The number of methoxy groups -OCH3 is 1. The van der Waals surface area contributed by atoms with Gasteiger partial charge in [0, 0.05) is 24.8 Å². The quantitative estimate of drug-likeness (QED) is 0.884. The zero-order valence-corrected chi connectivity index (χ0v) is 12.3. The van der Waals surface area contributed by atoms with Gasteiger partial charge in [-0.05, 0) is 36.8 Å². The van der Waals surface area contributed by atoms with Crippen molar-refractivity contribution < 1.29 is 14.2 Å². The highest BCUT2D eigenvalue weighted by molar-refractivity contribution is 5.48. The van der Waals surface area contributed by atoms with Crippen LogP contribution in [0, 0.1) is 5.82 Å². The van der Waals surface area contributed by atoms with E-state index >= 15 is 0 Å². The number of hydrogen-bond acceptors (Lipinski definition) is 3.